The van der Waals surface area contributed by atoms with Crippen molar-refractivity contribution in [2.45, 2.75) is 6.92 Å². The lowest BCUT2D eigenvalue weighted by atomic mass is 10.1. The van der Waals surface area contributed by atoms with Crippen molar-refractivity contribution >= 4 is 34.1 Å². The van der Waals surface area contributed by atoms with Gasteiger partial charge >= 0.3 is 0 Å². The van der Waals surface area contributed by atoms with E-state index in [0.717, 1.165) is 0 Å². The fourth-order valence-corrected chi connectivity index (χ4v) is 2.33. The molecule has 0 fully saturated rings. The molecule has 3 rings (SSSR count). The Morgan fingerprint density at radius 1 is 1.20 bits per heavy atom. The highest BCUT2D eigenvalue weighted by molar-refractivity contribution is 6.36. The van der Waals surface area contributed by atoms with Crippen molar-refractivity contribution in [3.8, 4) is 17.5 Å². The number of hydrogen-bond donors (Lipinski definition) is 0. The summed E-state index contributed by atoms with van der Waals surface area (Å²) < 4.78 is 5.08. The largest absolute Gasteiger partial charge is 0.334 e. The molecule has 1 aromatic carbocycles. The van der Waals surface area contributed by atoms with Crippen LogP contribution >= 0.6 is 23.2 Å². The molecule has 0 amide bonds. The topological polar surface area (TPSA) is 75.6 Å². The van der Waals surface area contributed by atoms with E-state index in [1.165, 1.54) is 0 Å². The fraction of sp³-hybridized carbons (Fsp3) is 0.0769. The minimum absolute atomic E-state index is 0.216. The van der Waals surface area contributed by atoms with Crippen LogP contribution in [0.4, 0.5) is 0 Å². The summed E-state index contributed by atoms with van der Waals surface area (Å²) in [4.78, 5) is 8.35. The van der Waals surface area contributed by atoms with E-state index in [1.807, 2.05) is 6.07 Å². The van der Waals surface area contributed by atoms with Crippen molar-refractivity contribution in [3.63, 3.8) is 0 Å². The van der Waals surface area contributed by atoms with Crippen molar-refractivity contribution in [3.05, 3.63) is 39.8 Å². The maximum Gasteiger partial charge on any atom is 0.261 e. The first kappa shape index (κ1) is 12.9. The van der Waals surface area contributed by atoms with Crippen molar-refractivity contribution in [1.82, 2.24) is 15.1 Å². The number of aromatic nitrogens is 3. The second-order valence-electron chi connectivity index (χ2n) is 4.12. The van der Waals surface area contributed by atoms with E-state index in [1.54, 1.807) is 25.1 Å². The minimum Gasteiger partial charge on any atom is -0.334 e. The van der Waals surface area contributed by atoms with E-state index in [9.17, 15) is 0 Å². The number of fused-ring (bicyclic) bond motifs is 1. The average Bonchev–Trinajstić information content (AvgIpc) is 2.85. The zero-order valence-electron chi connectivity index (χ0n) is 10.2. The summed E-state index contributed by atoms with van der Waals surface area (Å²) in [6, 6.07) is 6.99. The molecule has 0 saturated carbocycles. The molecule has 2 heterocycles. The molecule has 0 bridgehead atoms. The highest BCUT2D eigenvalue weighted by Gasteiger charge is 2.15. The summed E-state index contributed by atoms with van der Waals surface area (Å²) in [7, 11) is 0. The Morgan fingerprint density at radius 2 is 2.00 bits per heavy atom. The van der Waals surface area contributed by atoms with Gasteiger partial charge in [-0.3, -0.25) is 0 Å². The number of nitrogens with zero attached hydrogens (tertiary/aromatic N) is 4. The smallest absolute Gasteiger partial charge is 0.261 e. The van der Waals surface area contributed by atoms with Gasteiger partial charge in [-0.05, 0) is 25.1 Å². The van der Waals surface area contributed by atoms with Crippen LogP contribution in [0.3, 0.4) is 0 Å². The van der Waals surface area contributed by atoms with Gasteiger partial charge in [0.05, 0.1) is 27.7 Å². The van der Waals surface area contributed by atoms with Crippen LogP contribution in [-0.2, 0) is 0 Å². The Labute approximate surface area is 123 Å². The maximum atomic E-state index is 8.97. The van der Waals surface area contributed by atoms with Crippen LogP contribution in [0.2, 0.25) is 10.2 Å². The second kappa shape index (κ2) is 4.75. The lowest BCUT2D eigenvalue weighted by molar-refractivity contribution is 0.425. The minimum atomic E-state index is 0.216. The van der Waals surface area contributed by atoms with E-state index >= 15 is 0 Å². The number of benzene rings is 1. The van der Waals surface area contributed by atoms with Crippen molar-refractivity contribution in [1.29, 1.82) is 5.26 Å². The van der Waals surface area contributed by atoms with Crippen molar-refractivity contribution in [2.24, 2.45) is 0 Å². The average molecular weight is 305 g/mol. The molecule has 0 N–H and O–H groups in total. The molecule has 0 aliphatic carbocycles. The van der Waals surface area contributed by atoms with Gasteiger partial charge in [0, 0.05) is 5.39 Å². The monoisotopic (exact) mass is 304 g/mol. The van der Waals surface area contributed by atoms with Crippen LogP contribution in [0.15, 0.2) is 22.7 Å². The molecule has 0 atom stereocenters. The third-order valence-corrected chi connectivity index (χ3v) is 3.29. The van der Waals surface area contributed by atoms with E-state index < -0.39 is 0 Å². The Morgan fingerprint density at radius 3 is 2.65 bits per heavy atom. The normalized spacial score (nSPS) is 10.7. The Bertz CT molecular complexity index is 867. The Balaban J connectivity index is 2.30. The van der Waals surface area contributed by atoms with Gasteiger partial charge < -0.3 is 4.52 Å². The summed E-state index contributed by atoms with van der Waals surface area (Å²) >= 11 is 12.2. The van der Waals surface area contributed by atoms with Gasteiger partial charge in [-0.2, -0.15) is 10.2 Å². The quantitative estimate of drug-likeness (QED) is 0.640. The molecule has 7 heteroatoms. The molecule has 0 aliphatic heterocycles. The molecule has 0 spiro atoms. The third-order valence-electron chi connectivity index (χ3n) is 2.71. The van der Waals surface area contributed by atoms with E-state index in [-0.39, 0.29) is 11.0 Å². The molecule has 0 unspecified atom stereocenters. The van der Waals surface area contributed by atoms with Crippen LogP contribution in [-0.4, -0.2) is 15.1 Å². The zero-order valence-corrected chi connectivity index (χ0v) is 11.7. The molecule has 98 valence electrons. The van der Waals surface area contributed by atoms with Crippen LogP contribution in [0.25, 0.3) is 22.4 Å². The van der Waals surface area contributed by atoms with Crippen LogP contribution in [0, 0.1) is 18.3 Å². The summed E-state index contributed by atoms with van der Waals surface area (Å²) in [5.74, 6) is 0.778. The van der Waals surface area contributed by atoms with Gasteiger partial charge in [0.25, 0.3) is 5.89 Å². The molecular weight excluding hydrogens is 299 g/mol. The Hall–Kier alpha value is -2.16. The van der Waals surface area contributed by atoms with Crippen molar-refractivity contribution < 1.29 is 4.52 Å². The SMILES string of the molecule is Cc1noc(-c2cc3cc(C#N)cc(Cl)c3nc2Cl)n1. The lowest BCUT2D eigenvalue weighted by Crippen LogP contribution is -1.89. The highest BCUT2D eigenvalue weighted by Crippen LogP contribution is 2.32. The second-order valence-corrected chi connectivity index (χ2v) is 4.88. The van der Waals surface area contributed by atoms with Crippen LogP contribution < -0.4 is 0 Å². The first-order chi connectivity index (χ1) is 9.58. The van der Waals surface area contributed by atoms with Crippen LogP contribution in [0.1, 0.15) is 11.4 Å². The van der Waals surface area contributed by atoms with E-state index in [0.29, 0.717) is 32.9 Å². The van der Waals surface area contributed by atoms with Gasteiger partial charge in [0.15, 0.2) is 5.82 Å². The number of halogens is 2. The summed E-state index contributed by atoms with van der Waals surface area (Å²) in [5.41, 5.74) is 1.47. The highest BCUT2D eigenvalue weighted by atomic mass is 35.5. The Kier molecular flexibility index (Phi) is 3.05. The summed E-state index contributed by atoms with van der Waals surface area (Å²) in [6.45, 7) is 1.71. The fourth-order valence-electron chi connectivity index (χ4n) is 1.84. The predicted octanol–water partition coefficient (Wildman–Crippen LogP) is 3.77. The molecule has 3 aromatic rings. The maximum absolute atomic E-state index is 8.97. The number of pyridine rings is 1. The van der Waals surface area contributed by atoms with Crippen molar-refractivity contribution in [2.75, 3.05) is 0 Å². The van der Waals surface area contributed by atoms with Gasteiger partial charge in [0.2, 0.25) is 0 Å². The molecule has 0 saturated heterocycles. The van der Waals surface area contributed by atoms with Gasteiger partial charge in [-0.15, -0.1) is 0 Å². The van der Waals surface area contributed by atoms with Crippen LogP contribution in [0.5, 0.6) is 0 Å². The number of rotatable bonds is 1. The first-order valence-electron chi connectivity index (χ1n) is 5.59. The van der Waals surface area contributed by atoms with E-state index in [2.05, 4.69) is 15.1 Å². The molecule has 0 radical (unpaired) electrons. The number of aryl methyl sites for hydroxylation is 1. The van der Waals surface area contributed by atoms with E-state index in [4.69, 9.17) is 33.0 Å². The summed E-state index contributed by atoms with van der Waals surface area (Å²) in [5, 5.41) is 14.0. The standard InChI is InChI=1S/C13H6Cl2N4O/c1-6-17-13(20-19-6)9-4-8-2-7(5-16)3-10(14)11(8)18-12(9)15/h2-4H,1H3. The summed E-state index contributed by atoms with van der Waals surface area (Å²) in [6.07, 6.45) is 0. The first-order valence-corrected chi connectivity index (χ1v) is 6.34. The number of nitriles is 1. The van der Waals surface area contributed by atoms with Gasteiger partial charge in [-0.1, -0.05) is 28.4 Å². The molecule has 20 heavy (non-hydrogen) atoms. The molecule has 5 nitrogen and oxygen atoms in total. The zero-order chi connectivity index (χ0) is 14.3. The molecule has 0 aliphatic rings. The number of hydrogen-bond acceptors (Lipinski definition) is 5. The predicted molar refractivity (Wildman–Crippen MR) is 74.5 cm³/mol. The molecule has 2 aromatic heterocycles. The lowest BCUT2D eigenvalue weighted by Gasteiger charge is -2.04. The third kappa shape index (κ3) is 2.09. The van der Waals surface area contributed by atoms with Gasteiger partial charge in [-0.25, -0.2) is 4.98 Å². The van der Waals surface area contributed by atoms with Gasteiger partial charge in [0.1, 0.15) is 5.15 Å². The molecular formula is C13H6Cl2N4O.